The average molecular weight is 248 g/mol. The highest BCUT2D eigenvalue weighted by molar-refractivity contribution is 5.96. The van der Waals surface area contributed by atoms with Crippen LogP contribution in [0.2, 0.25) is 0 Å². The molecule has 1 rings (SSSR count). The van der Waals surface area contributed by atoms with Crippen molar-refractivity contribution in [3.8, 4) is 0 Å². The Labute approximate surface area is 108 Å². The number of rotatable bonds is 8. The minimum atomic E-state index is -0.800. The van der Waals surface area contributed by atoms with Crippen LogP contribution in [0.15, 0.2) is 24.3 Å². The molecule has 1 N–H and O–H groups in total. The molecule has 1 aromatic rings. The van der Waals surface area contributed by atoms with E-state index < -0.39 is 5.97 Å². The van der Waals surface area contributed by atoms with Crippen LogP contribution in [0.5, 0.6) is 0 Å². The molecule has 0 bridgehead atoms. The Bertz CT molecular complexity index is 393. The molecule has 98 valence electrons. The van der Waals surface area contributed by atoms with Gasteiger partial charge in [-0.15, -0.1) is 0 Å². The summed E-state index contributed by atoms with van der Waals surface area (Å²) in [6.45, 7) is 2.13. The highest BCUT2D eigenvalue weighted by Crippen LogP contribution is 2.11. The molecule has 18 heavy (non-hydrogen) atoms. The van der Waals surface area contributed by atoms with E-state index in [2.05, 4.69) is 6.92 Å². The summed E-state index contributed by atoms with van der Waals surface area (Å²) in [4.78, 5) is 22.1. The summed E-state index contributed by atoms with van der Waals surface area (Å²) in [7, 11) is 0. The fourth-order valence-corrected chi connectivity index (χ4v) is 1.85. The molecule has 3 heteroatoms. The topological polar surface area (TPSA) is 54.4 Å². The maximum atomic E-state index is 11.8. The number of aliphatic carboxylic acids is 1. The first kappa shape index (κ1) is 14.4. The Morgan fingerprint density at radius 3 is 2.22 bits per heavy atom. The van der Waals surface area contributed by atoms with Gasteiger partial charge in [0.1, 0.15) is 0 Å². The number of carboxylic acids is 1. The molecule has 0 aromatic heterocycles. The Morgan fingerprint density at radius 1 is 1.06 bits per heavy atom. The van der Waals surface area contributed by atoms with Gasteiger partial charge in [0.2, 0.25) is 0 Å². The van der Waals surface area contributed by atoms with E-state index in [4.69, 9.17) is 5.11 Å². The highest BCUT2D eigenvalue weighted by Gasteiger charge is 2.06. The number of benzene rings is 1. The van der Waals surface area contributed by atoms with Gasteiger partial charge in [0, 0.05) is 18.4 Å². The lowest BCUT2D eigenvalue weighted by Gasteiger charge is -2.03. The molecule has 0 unspecified atom stereocenters. The van der Waals surface area contributed by atoms with Gasteiger partial charge >= 0.3 is 5.97 Å². The average Bonchev–Trinajstić information content (AvgIpc) is 2.35. The second-order valence-electron chi connectivity index (χ2n) is 4.47. The number of hydrogen-bond acceptors (Lipinski definition) is 2. The van der Waals surface area contributed by atoms with E-state index in [1.165, 1.54) is 5.56 Å². The Balaban J connectivity index is 2.39. The SMILES string of the molecule is CCCc1ccc(C(=O)CCCCC(=O)O)cc1. The van der Waals surface area contributed by atoms with Crippen LogP contribution in [-0.2, 0) is 11.2 Å². The summed E-state index contributed by atoms with van der Waals surface area (Å²) in [6.07, 6.45) is 3.91. The standard InChI is InChI=1S/C15H20O3/c1-2-5-12-8-10-13(11-9-12)14(16)6-3-4-7-15(17)18/h8-11H,2-7H2,1H3,(H,17,18). The van der Waals surface area contributed by atoms with Crippen LogP contribution in [0, 0.1) is 0 Å². The van der Waals surface area contributed by atoms with E-state index in [1.807, 2.05) is 24.3 Å². The van der Waals surface area contributed by atoms with Gasteiger partial charge in [-0.3, -0.25) is 9.59 Å². The molecule has 0 fully saturated rings. The summed E-state index contributed by atoms with van der Waals surface area (Å²) in [5.41, 5.74) is 1.98. The summed E-state index contributed by atoms with van der Waals surface area (Å²) < 4.78 is 0. The van der Waals surface area contributed by atoms with Gasteiger partial charge in [-0.05, 0) is 24.8 Å². The largest absolute Gasteiger partial charge is 0.481 e. The minimum Gasteiger partial charge on any atom is -0.481 e. The van der Waals surface area contributed by atoms with Gasteiger partial charge in [0.15, 0.2) is 5.78 Å². The van der Waals surface area contributed by atoms with Crippen LogP contribution in [0.3, 0.4) is 0 Å². The van der Waals surface area contributed by atoms with Crippen molar-refractivity contribution in [2.75, 3.05) is 0 Å². The van der Waals surface area contributed by atoms with Gasteiger partial charge in [-0.2, -0.15) is 0 Å². The van der Waals surface area contributed by atoms with E-state index in [9.17, 15) is 9.59 Å². The lowest BCUT2D eigenvalue weighted by Crippen LogP contribution is -2.00. The lowest BCUT2D eigenvalue weighted by atomic mass is 10.0. The molecule has 0 aliphatic rings. The summed E-state index contributed by atoms with van der Waals surface area (Å²) in [6, 6.07) is 7.72. The van der Waals surface area contributed by atoms with Crippen molar-refractivity contribution >= 4 is 11.8 Å². The summed E-state index contributed by atoms with van der Waals surface area (Å²) >= 11 is 0. The predicted octanol–water partition coefficient (Wildman–Crippen LogP) is 3.47. The molecular weight excluding hydrogens is 228 g/mol. The third-order valence-electron chi connectivity index (χ3n) is 2.86. The number of carbonyl (C=O) groups is 2. The molecule has 0 atom stereocenters. The second kappa shape index (κ2) is 7.64. The fraction of sp³-hybridized carbons (Fsp3) is 0.467. The monoisotopic (exact) mass is 248 g/mol. The molecule has 0 radical (unpaired) electrons. The van der Waals surface area contributed by atoms with E-state index in [0.717, 1.165) is 18.4 Å². The van der Waals surface area contributed by atoms with Gasteiger partial charge < -0.3 is 5.11 Å². The molecule has 0 aliphatic carbocycles. The smallest absolute Gasteiger partial charge is 0.303 e. The zero-order chi connectivity index (χ0) is 13.4. The van der Waals surface area contributed by atoms with E-state index in [0.29, 0.717) is 19.3 Å². The number of ketones is 1. The highest BCUT2D eigenvalue weighted by atomic mass is 16.4. The van der Waals surface area contributed by atoms with Crippen molar-refractivity contribution in [1.82, 2.24) is 0 Å². The number of unbranched alkanes of at least 4 members (excludes halogenated alkanes) is 1. The normalized spacial score (nSPS) is 10.3. The molecule has 0 amide bonds. The van der Waals surface area contributed by atoms with Crippen molar-refractivity contribution in [3.63, 3.8) is 0 Å². The molecular formula is C15H20O3. The van der Waals surface area contributed by atoms with Crippen molar-refractivity contribution < 1.29 is 14.7 Å². The zero-order valence-corrected chi connectivity index (χ0v) is 10.8. The van der Waals surface area contributed by atoms with Crippen LogP contribution < -0.4 is 0 Å². The number of Topliss-reactive ketones (excluding diaryl/α,β-unsaturated/α-hetero) is 1. The van der Waals surface area contributed by atoms with Crippen LogP contribution in [0.1, 0.15) is 54.9 Å². The number of carbonyl (C=O) groups excluding carboxylic acids is 1. The summed E-state index contributed by atoms with van der Waals surface area (Å²) in [5, 5.41) is 8.49. The third-order valence-corrected chi connectivity index (χ3v) is 2.86. The van der Waals surface area contributed by atoms with E-state index >= 15 is 0 Å². The Morgan fingerprint density at radius 2 is 1.67 bits per heavy atom. The van der Waals surface area contributed by atoms with Gasteiger partial charge in [-0.25, -0.2) is 0 Å². The number of aryl methyl sites for hydroxylation is 1. The molecule has 0 spiro atoms. The molecule has 1 aromatic carbocycles. The van der Waals surface area contributed by atoms with Crippen LogP contribution in [0.25, 0.3) is 0 Å². The molecule has 0 aliphatic heterocycles. The molecule has 3 nitrogen and oxygen atoms in total. The van der Waals surface area contributed by atoms with E-state index in [-0.39, 0.29) is 12.2 Å². The van der Waals surface area contributed by atoms with Gasteiger partial charge in [0.05, 0.1) is 0 Å². The lowest BCUT2D eigenvalue weighted by molar-refractivity contribution is -0.137. The summed E-state index contributed by atoms with van der Waals surface area (Å²) in [5.74, 6) is -0.699. The first-order chi connectivity index (χ1) is 8.63. The zero-order valence-electron chi connectivity index (χ0n) is 10.8. The van der Waals surface area contributed by atoms with Crippen LogP contribution in [-0.4, -0.2) is 16.9 Å². The number of carboxylic acid groups (broad SMARTS) is 1. The van der Waals surface area contributed by atoms with Gasteiger partial charge in [0.25, 0.3) is 0 Å². The first-order valence-corrected chi connectivity index (χ1v) is 6.47. The van der Waals surface area contributed by atoms with Crippen LogP contribution in [0.4, 0.5) is 0 Å². The quantitative estimate of drug-likeness (QED) is 0.566. The van der Waals surface area contributed by atoms with Gasteiger partial charge in [-0.1, -0.05) is 37.6 Å². The molecule has 0 saturated carbocycles. The Hall–Kier alpha value is -1.64. The van der Waals surface area contributed by atoms with Crippen molar-refractivity contribution in [2.45, 2.75) is 45.4 Å². The Kier molecular flexibility index (Phi) is 6.12. The number of hydrogen-bond donors (Lipinski definition) is 1. The van der Waals surface area contributed by atoms with Crippen LogP contribution >= 0.6 is 0 Å². The first-order valence-electron chi connectivity index (χ1n) is 6.47. The molecule has 0 saturated heterocycles. The minimum absolute atomic E-state index is 0.100. The second-order valence-corrected chi connectivity index (χ2v) is 4.47. The third kappa shape index (κ3) is 5.13. The van der Waals surface area contributed by atoms with Crippen molar-refractivity contribution in [3.05, 3.63) is 35.4 Å². The van der Waals surface area contributed by atoms with E-state index in [1.54, 1.807) is 0 Å². The maximum Gasteiger partial charge on any atom is 0.303 e. The van der Waals surface area contributed by atoms with Crippen molar-refractivity contribution in [2.24, 2.45) is 0 Å². The maximum absolute atomic E-state index is 11.8. The fourth-order valence-electron chi connectivity index (χ4n) is 1.85. The molecule has 0 heterocycles. The van der Waals surface area contributed by atoms with Crippen molar-refractivity contribution in [1.29, 1.82) is 0 Å². The predicted molar refractivity (Wildman–Crippen MR) is 70.9 cm³/mol.